The van der Waals surface area contributed by atoms with Gasteiger partial charge in [0.15, 0.2) is 0 Å². The van der Waals surface area contributed by atoms with Crippen molar-refractivity contribution in [2.45, 2.75) is 65.8 Å². The number of thioether (sulfide) groups is 1. The molecule has 5 atom stereocenters. The van der Waals surface area contributed by atoms with Crippen molar-refractivity contribution < 1.29 is 9.59 Å². The zero-order chi connectivity index (χ0) is 23.1. The number of nitrogens with zero attached hydrogens (tertiary/aromatic N) is 1. The second kappa shape index (κ2) is 11.1. The van der Waals surface area contributed by atoms with Gasteiger partial charge in [0.1, 0.15) is 5.92 Å². The first-order valence-corrected chi connectivity index (χ1v) is 12.4. The first-order chi connectivity index (χ1) is 14.6. The zero-order valence-electron chi connectivity index (χ0n) is 19.6. The Hall–Kier alpha value is -1.86. The van der Waals surface area contributed by atoms with Crippen molar-refractivity contribution >= 4 is 23.5 Å². The molecule has 0 bridgehead atoms. The molecule has 2 aliphatic rings. The fourth-order valence-corrected chi connectivity index (χ4v) is 5.45. The van der Waals surface area contributed by atoms with Gasteiger partial charge in [-0.05, 0) is 69.1 Å². The van der Waals surface area contributed by atoms with Crippen molar-refractivity contribution in [2.24, 2.45) is 28.9 Å². The molecule has 4 nitrogen and oxygen atoms in total. The molecule has 1 saturated carbocycles. The van der Waals surface area contributed by atoms with Crippen LogP contribution in [-0.4, -0.2) is 33.5 Å². The van der Waals surface area contributed by atoms with Crippen molar-refractivity contribution in [3.8, 4) is 6.07 Å². The molecule has 0 radical (unpaired) electrons. The summed E-state index contributed by atoms with van der Waals surface area (Å²) in [5.41, 5.74) is 10.7. The average molecular weight is 443 g/mol. The average Bonchev–Trinajstić information content (AvgIpc) is 3.36. The third kappa shape index (κ3) is 6.81. The van der Waals surface area contributed by atoms with E-state index in [-0.39, 0.29) is 40.4 Å². The summed E-state index contributed by atoms with van der Waals surface area (Å²) in [4.78, 5) is 26.8. The van der Waals surface area contributed by atoms with Gasteiger partial charge in [0.2, 0.25) is 5.92 Å². The molecule has 1 amide bonds. The largest absolute Gasteiger partial charge is 0.521 e. The molecule has 5 heteroatoms. The summed E-state index contributed by atoms with van der Waals surface area (Å²) in [6.07, 6.45) is 13.8. The first kappa shape index (κ1) is 25.4. The molecule has 0 saturated heterocycles. The number of nitrogens with two attached hydrogens (primary N) is 1. The summed E-state index contributed by atoms with van der Waals surface area (Å²) >= 11 is 1.84. The molecule has 2 rings (SSSR count). The number of ketones is 1. The molecule has 0 aromatic rings. The van der Waals surface area contributed by atoms with E-state index in [0.717, 1.165) is 42.8 Å². The van der Waals surface area contributed by atoms with Crippen LogP contribution in [0.3, 0.4) is 0 Å². The predicted molar refractivity (Wildman–Crippen MR) is 133 cm³/mol. The van der Waals surface area contributed by atoms with E-state index in [1.165, 1.54) is 0 Å². The van der Waals surface area contributed by atoms with Gasteiger partial charge in [-0.3, -0.25) is 4.79 Å². The molecule has 3 unspecified atom stereocenters. The van der Waals surface area contributed by atoms with E-state index in [1.807, 2.05) is 43.8 Å². The van der Waals surface area contributed by atoms with Crippen LogP contribution in [-0.2, 0) is 4.79 Å². The Balaban J connectivity index is 1.87. The van der Waals surface area contributed by atoms with Gasteiger partial charge in [-0.25, -0.2) is 0 Å². The SMILES string of the molecule is C/C=C\[C@@]1(C)CC1(N)CCSCC(C)C(C#[N+]C(=O)[C@H](C)C1=CC=C=CCC1)C(C)=[OH+]. The minimum atomic E-state index is -0.352. The minimum absolute atomic E-state index is 0.0955. The number of amides is 1. The normalized spacial score (nSPS) is 27.6. The smallest absolute Gasteiger partial charge is 0.324 e. The Morgan fingerprint density at radius 2 is 2.23 bits per heavy atom. The molecule has 0 aliphatic heterocycles. The van der Waals surface area contributed by atoms with E-state index in [9.17, 15) is 9.59 Å². The predicted octanol–water partition coefficient (Wildman–Crippen LogP) is 5.54. The number of hydrogen-bond donors (Lipinski definition) is 1. The number of rotatable bonds is 10. The highest BCUT2D eigenvalue weighted by molar-refractivity contribution is 7.99. The summed E-state index contributed by atoms with van der Waals surface area (Å²) in [7, 11) is 0. The van der Waals surface area contributed by atoms with Gasteiger partial charge < -0.3 is 5.73 Å². The zero-order valence-corrected chi connectivity index (χ0v) is 20.5. The van der Waals surface area contributed by atoms with Crippen molar-refractivity contribution in [2.75, 3.05) is 11.5 Å². The maximum Gasteiger partial charge on any atom is 0.521 e. The molecule has 3 N–H and O–H groups in total. The van der Waals surface area contributed by atoms with Gasteiger partial charge >= 0.3 is 17.8 Å². The molecule has 1 fully saturated rings. The van der Waals surface area contributed by atoms with Gasteiger partial charge in [-0.2, -0.15) is 16.6 Å². The van der Waals surface area contributed by atoms with Gasteiger partial charge in [0.05, 0.1) is 0 Å². The van der Waals surface area contributed by atoms with E-state index in [0.29, 0.717) is 0 Å². The lowest BCUT2D eigenvalue weighted by molar-refractivity contribution is -0.117. The minimum Gasteiger partial charge on any atom is -0.324 e. The van der Waals surface area contributed by atoms with E-state index in [4.69, 9.17) is 5.73 Å². The second-order valence-corrected chi connectivity index (χ2v) is 10.4. The van der Waals surface area contributed by atoms with Gasteiger partial charge in [0, 0.05) is 22.7 Å². The van der Waals surface area contributed by atoms with Crippen molar-refractivity contribution in [3.05, 3.63) is 46.5 Å². The molecular formula is C26H38N2O2S+2. The van der Waals surface area contributed by atoms with Crippen LogP contribution in [0.4, 0.5) is 0 Å². The van der Waals surface area contributed by atoms with Crippen LogP contribution in [0.1, 0.15) is 60.3 Å². The Morgan fingerprint density at radius 1 is 1.48 bits per heavy atom. The van der Waals surface area contributed by atoms with Crippen LogP contribution in [0.15, 0.2) is 41.7 Å². The highest BCUT2D eigenvalue weighted by Crippen LogP contribution is 2.57. The summed E-state index contributed by atoms with van der Waals surface area (Å²) in [5.74, 6) is 1.36. The standard InChI is InChI=1S/C26H37N2O2S/c1-6-13-25(5)18-26(25,27)14-15-31-17-19(2)23(21(4)29)16-28-24(30)20(3)22-11-9-7-8-10-12-22/h6-7,10,12-13,19-20,23H,9,11,14-15,17-18,27H2,1-5H3/q+1/p+1/b13-6-/t19?,20-,23?,25+,26?/m1/s1. The molecule has 0 heterocycles. The third-order valence-electron chi connectivity index (χ3n) is 6.65. The Labute approximate surface area is 191 Å². The molecular weight excluding hydrogens is 404 g/mol. The highest BCUT2D eigenvalue weighted by Gasteiger charge is 2.59. The number of carbonyl (C=O) groups excluding carboxylic acids is 2. The van der Waals surface area contributed by atoms with Gasteiger partial charge in [0.25, 0.3) is 0 Å². The maximum atomic E-state index is 12.6. The molecule has 168 valence electrons. The van der Waals surface area contributed by atoms with Crippen LogP contribution >= 0.6 is 11.8 Å². The van der Waals surface area contributed by atoms with Crippen LogP contribution in [0.2, 0.25) is 0 Å². The summed E-state index contributed by atoms with van der Waals surface area (Å²) in [5, 5.41) is 0. The quantitative estimate of drug-likeness (QED) is 0.209. The van der Waals surface area contributed by atoms with Gasteiger partial charge in [-0.1, -0.05) is 37.6 Å². The highest BCUT2D eigenvalue weighted by atomic mass is 32.2. The second-order valence-electron chi connectivity index (χ2n) is 9.29. The lowest BCUT2D eigenvalue weighted by atomic mass is 9.93. The number of carbonyl (C=O) groups is 1. The van der Waals surface area contributed by atoms with Gasteiger partial charge in [-0.15, -0.1) is 5.73 Å². The lowest BCUT2D eigenvalue weighted by Crippen LogP contribution is -2.29. The van der Waals surface area contributed by atoms with Crippen LogP contribution in [0, 0.1) is 29.2 Å². The first-order valence-electron chi connectivity index (χ1n) is 11.3. The van der Waals surface area contributed by atoms with Crippen molar-refractivity contribution in [1.82, 2.24) is 0 Å². The molecule has 0 spiro atoms. The van der Waals surface area contributed by atoms with Crippen molar-refractivity contribution in [3.63, 3.8) is 0 Å². The fourth-order valence-electron chi connectivity index (χ4n) is 4.21. The van der Waals surface area contributed by atoms with E-state index in [2.05, 4.69) is 42.6 Å². The number of allylic oxidation sites excluding steroid dienone is 3. The molecule has 0 aromatic carbocycles. The Bertz CT molecular complexity index is 872. The van der Waals surface area contributed by atoms with E-state index < -0.39 is 0 Å². The lowest BCUT2D eigenvalue weighted by Gasteiger charge is -2.16. The van der Waals surface area contributed by atoms with Crippen LogP contribution in [0.25, 0.3) is 4.85 Å². The van der Waals surface area contributed by atoms with E-state index in [1.54, 1.807) is 6.92 Å². The van der Waals surface area contributed by atoms with E-state index >= 15 is 0 Å². The fraction of sp³-hybridized carbons (Fsp3) is 0.615. The van der Waals surface area contributed by atoms with Crippen LogP contribution in [0.5, 0.6) is 0 Å². The molecule has 2 aliphatic carbocycles. The van der Waals surface area contributed by atoms with Crippen molar-refractivity contribution in [1.29, 1.82) is 0 Å². The van der Waals surface area contributed by atoms with Crippen LogP contribution < -0.4 is 5.73 Å². The summed E-state index contributed by atoms with van der Waals surface area (Å²) in [6, 6.07) is 2.93. The maximum absolute atomic E-state index is 12.6. The monoisotopic (exact) mass is 442 g/mol. The Kier molecular flexibility index (Phi) is 9.13. The summed E-state index contributed by atoms with van der Waals surface area (Å²) in [6.45, 7) is 9.87. The number of hydrogen-bond acceptors (Lipinski definition) is 3. The Morgan fingerprint density at radius 3 is 2.90 bits per heavy atom. The third-order valence-corrected chi connectivity index (χ3v) is 7.91. The molecule has 0 aromatic heterocycles. The summed E-state index contributed by atoms with van der Waals surface area (Å²) < 4.78 is 0. The topological polar surface area (TPSA) is 68.8 Å². The molecule has 31 heavy (non-hydrogen) atoms.